The molecule has 2 aromatic rings. The van der Waals surface area contributed by atoms with Crippen LogP contribution >= 0.6 is 11.3 Å². The summed E-state index contributed by atoms with van der Waals surface area (Å²) in [6.07, 6.45) is 4.92. The van der Waals surface area contributed by atoms with Gasteiger partial charge in [0.1, 0.15) is 5.82 Å². The van der Waals surface area contributed by atoms with Crippen LogP contribution in [0.3, 0.4) is 0 Å². The van der Waals surface area contributed by atoms with Crippen molar-refractivity contribution >= 4 is 16.5 Å². The van der Waals surface area contributed by atoms with Crippen LogP contribution in [-0.4, -0.2) is 25.9 Å². The van der Waals surface area contributed by atoms with Crippen LogP contribution in [0.25, 0.3) is 0 Å². The predicted molar refractivity (Wildman–Crippen MR) is 74.8 cm³/mol. The fourth-order valence-electron chi connectivity index (χ4n) is 2.31. The molecule has 0 unspecified atom stereocenters. The maximum absolute atomic E-state index is 12.2. The summed E-state index contributed by atoms with van der Waals surface area (Å²) >= 11 is 1.58. The molecule has 0 spiro atoms. The quantitative estimate of drug-likeness (QED) is 0.916. The number of nitrogens with zero attached hydrogens (tertiary/aromatic N) is 4. The first-order chi connectivity index (χ1) is 9.28. The van der Waals surface area contributed by atoms with Gasteiger partial charge in [-0.3, -0.25) is 4.57 Å². The highest BCUT2D eigenvalue weighted by molar-refractivity contribution is 7.15. The molecular weight excluding hydrogens is 262 g/mol. The van der Waals surface area contributed by atoms with Crippen molar-refractivity contribution in [3.63, 3.8) is 0 Å². The number of nitrogens with one attached hydrogen (secondary N) is 1. The Morgan fingerprint density at radius 2 is 2.37 bits per heavy atom. The number of fused-ring (bicyclic) bond motifs is 1. The van der Waals surface area contributed by atoms with Crippen LogP contribution in [0, 0.1) is 0 Å². The van der Waals surface area contributed by atoms with Gasteiger partial charge in [0, 0.05) is 30.6 Å². The molecule has 0 bridgehead atoms. The summed E-state index contributed by atoms with van der Waals surface area (Å²) in [6, 6.07) is 0. The van der Waals surface area contributed by atoms with Crippen molar-refractivity contribution in [3.8, 4) is 0 Å². The van der Waals surface area contributed by atoms with Crippen molar-refractivity contribution in [1.82, 2.24) is 19.3 Å². The first kappa shape index (κ1) is 12.4. The zero-order valence-electron chi connectivity index (χ0n) is 10.9. The normalized spacial score (nSPS) is 14.4. The van der Waals surface area contributed by atoms with Crippen molar-refractivity contribution in [1.29, 1.82) is 0 Å². The Morgan fingerprint density at radius 3 is 3.16 bits per heavy atom. The average Bonchev–Trinajstić information content (AvgIpc) is 2.97. The van der Waals surface area contributed by atoms with Crippen LogP contribution in [0.4, 0.5) is 5.13 Å². The predicted octanol–water partition coefficient (Wildman–Crippen LogP) is 1.32. The van der Waals surface area contributed by atoms with Gasteiger partial charge in [-0.2, -0.15) is 5.10 Å². The van der Waals surface area contributed by atoms with E-state index in [0.29, 0.717) is 6.54 Å². The van der Waals surface area contributed by atoms with E-state index in [1.54, 1.807) is 20.6 Å². The van der Waals surface area contributed by atoms with Gasteiger partial charge in [-0.15, -0.1) is 11.3 Å². The van der Waals surface area contributed by atoms with E-state index in [1.165, 1.54) is 0 Å². The van der Waals surface area contributed by atoms with Gasteiger partial charge in [-0.25, -0.2) is 14.5 Å². The number of aromatic nitrogens is 4. The van der Waals surface area contributed by atoms with Gasteiger partial charge in [0.15, 0.2) is 5.13 Å². The molecule has 19 heavy (non-hydrogen) atoms. The highest BCUT2D eigenvalue weighted by Crippen LogP contribution is 2.18. The van der Waals surface area contributed by atoms with Gasteiger partial charge >= 0.3 is 5.69 Å². The van der Waals surface area contributed by atoms with E-state index in [4.69, 9.17) is 0 Å². The molecule has 1 N–H and O–H groups in total. The summed E-state index contributed by atoms with van der Waals surface area (Å²) in [4.78, 5) is 17.5. The Hall–Kier alpha value is -1.63. The first-order valence-electron chi connectivity index (χ1n) is 6.63. The molecular formula is C12H17N5OS. The number of hydrogen-bond donors (Lipinski definition) is 1. The Bertz CT molecular complexity index is 626. The molecule has 1 aliphatic heterocycles. The molecule has 0 amide bonds. The van der Waals surface area contributed by atoms with Gasteiger partial charge in [-0.05, 0) is 19.8 Å². The molecule has 0 atom stereocenters. The summed E-state index contributed by atoms with van der Waals surface area (Å²) in [6.45, 7) is 4.21. The monoisotopic (exact) mass is 279 g/mol. The van der Waals surface area contributed by atoms with Crippen LogP contribution in [0.1, 0.15) is 30.5 Å². The van der Waals surface area contributed by atoms with E-state index in [0.717, 1.165) is 48.2 Å². The van der Waals surface area contributed by atoms with Gasteiger partial charge in [0.05, 0.1) is 6.54 Å². The minimum atomic E-state index is 0.00750. The molecule has 7 heteroatoms. The summed E-state index contributed by atoms with van der Waals surface area (Å²) in [7, 11) is 0. The highest BCUT2D eigenvalue weighted by Gasteiger charge is 2.17. The number of thiazole rings is 1. The lowest BCUT2D eigenvalue weighted by atomic mass is 10.2. The summed E-state index contributed by atoms with van der Waals surface area (Å²) in [5.41, 5.74) is 0.00750. The second-order valence-electron chi connectivity index (χ2n) is 4.63. The van der Waals surface area contributed by atoms with Crippen molar-refractivity contribution in [3.05, 3.63) is 27.4 Å². The highest BCUT2D eigenvalue weighted by atomic mass is 32.1. The van der Waals surface area contributed by atoms with Crippen LogP contribution in [0.2, 0.25) is 0 Å². The molecule has 0 fully saturated rings. The Kier molecular flexibility index (Phi) is 3.37. The van der Waals surface area contributed by atoms with Crippen molar-refractivity contribution < 1.29 is 0 Å². The Labute approximate surface area is 115 Å². The van der Waals surface area contributed by atoms with Gasteiger partial charge in [0.2, 0.25) is 0 Å². The standard InChI is InChI=1S/C12H17N5OS/c1-2-13-11-14-7-9(19-11)8-17-12(18)16-6-4-3-5-10(16)15-17/h7H,2-6,8H2,1H3,(H,13,14). The van der Waals surface area contributed by atoms with Crippen LogP contribution in [0.15, 0.2) is 11.0 Å². The van der Waals surface area contributed by atoms with Crippen LogP contribution < -0.4 is 11.0 Å². The third kappa shape index (κ3) is 2.42. The Balaban J connectivity index is 1.82. The minimum absolute atomic E-state index is 0.00750. The third-order valence-corrected chi connectivity index (χ3v) is 4.16. The molecule has 0 aliphatic carbocycles. The van der Waals surface area contributed by atoms with Crippen LogP contribution in [0.5, 0.6) is 0 Å². The number of anilines is 1. The van der Waals surface area contributed by atoms with Gasteiger partial charge in [0.25, 0.3) is 0 Å². The van der Waals surface area contributed by atoms with Gasteiger partial charge < -0.3 is 5.32 Å². The number of aryl methyl sites for hydroxylation is 1. The lowest BCUT2D eigenvalue weighted by Gasteiger charge is -2.09. The lowest BCUT2D eigenvalue weighted by molar-refractivity contribution is 0.511. The van der Waals surface area contributed by atoms with E-state index in [9.17, 15) is 4.79 Å². The average molecular weight is 279 g/mol. The number of hydrogen-bond acceptors (Lipinski definition) is 5. The largest absolute Gasteiger partial charge is 0.362 e. The fourth-order valence-corrected chi connectivity index (χ4v) is 3.18. The molecule has 0 saturated heterocycles. The molecule has 2 aromatic heterocycles. The van der Waals surface area contributed by atoms with Crippen LogP contribution in [-0.2, 0) is 19.5 Å². The second-order valence-corrected chi connectivity index (χ2v) is 5.74. The smallest absolute Gasteiger partial charge is 0.346 e. The van der Waals surface area contributed by atoms with Crippen molar-refractivity contribution in [2.24, 2.45) is 0 Å². The number of rotatable bonds is 4. The molecule has 0 saturated carbocycles. The second kappa shape index (κ2) is 5.16. The SMILES string of the molecule is CCNc1ncc(Cn2nc3n(c2=O)CCCC3)s1. The molecule has 3 heterocycles. The summed E-state index contributed by atoms with van der Waals surface area (Å²) < 4.78 is 3.36. The maximum atomic E-state index is 12.2. The van der Waals surface area contributed by atoms with E-state index in [1.807, 2.05) is 13.1 Å². The molecule has 3 rings (SSSR count). The molecule has 1 aliphatic rings. The first-order valence-corrected chi connectivity index (χ1v) is 7.44. The summed E-state index contributed by atoms with van der Waals surface area (Å²) in [5.74, 6) is 0.924. The fraction of sp³-hybridized carbons (Fsp3) is 0.583. The van der Waals surface area contributed by atoms with E-state index < -0.39 is 0 Å². The molecule has 0 aromatic carbocycles. The van der Waals surface area contributed by atoms with E-state index >= 15 is 0 Å². The molecule has 0 radical (unpaired) electrons. The van der Waals surface area contributed by atoms with E-state index in [2.05, 4.69) is 15.4 Å². The molecule has 6 nitrogen and oxygen atoms in total. The Morgan fingerprint density at radius 1 is 1.47 bits per heavy atom. The summed E-state index contributed by atoms with van der Waals surface area (Å²) in [5, 5.41) is 8.50. The van der Waals surface area contributed by atoms with E-state index in [-0.39, 0.29) is 5.69 Å². The van der Waals surface area contributed by atoms with Gasteiger partial charge in [-0.1, -0.05) is 0 Å². The van der Waals surface area contributed by atoms with Crippen molar-refractivity contribution in [2.75, 3.05) is 11.9 Å². The topological polar surface area (TPSA) is 64.7 Å². The third-order valence-electron chi connectivity index (χ3n) is 3.22. The minimum Gasteiger partial charge on any atom is -0.362 e. The maximum Gasteiger partial charge on any atom is 0.346 e. The lowest BCUT2D eigenvalue weighted by Crippen LogP contribution is -2.27. The zero-order valence-corrected chi connectivity index (χ0v) is 11.7. The zero-order chi connectivity index (χ0) is 13.2. The molecule has 102 valence electrons. The van der Waals surface area contributed by atoms with Crippen molar-refractivity contribution in [2.45, 2.75) is 39.3 Å².